The van der Waals surface area contributed by atoms with Gasteiger partial charge in [-0.05, 0) is 17.7 Å². The molecule has 100 valence electrons. The maximum atomic E-state index is 11.8. The molecule has 1 aromatic carbocycles. The van der Waals surface area contributed by atoms with Gasteiger partial charge in [-0.25, -0.2) is 14.5 Å². The average molecular weight is 263 g/mol. The van der Waals surface area contributed by atoms with E-state index in [4.69, 9.17) is 10.8 Å². The number of hydrogen-bond donors (Lipinski definition) is 3. The number of rotatable bonds is 3. The highest BCUT2D eigenvalue weighted by Crippen LogP contribution is 2.21. The predicted octanol–water partition coefficient (Wildman–Crippen LogP) is 0.363. The number of anilines is 1. The fourth-order valence-electron chi connectivity index (χ4n) is 1.78. The second-order valence-corrected chi connectivity index (χ2v) is 4.15. The molecule has 7 heteroatoms. The minimum Gasteiger partial charge on any atom is -0.480 e. The molecule has 1 heterocycles. The highest BCUT2D eigenvalue weighted by molar-refractivity contribution is 6.09. The molecule has 2 rings (SSSR count). The number of carbonyl (C=O) groups is 3. The molecule has 0 aliphatic carbocycles. The zero-order chi connectivity index (χ0) is 14.0. The van der Waals surface area contributed by atoms with Gasteiger partial charge in [-0.1, -0.05) is 12.1 Å². The summed E-state index contributed by atoms with van der Waals surface area (Å²) in [5.41, 5.74) is 6.83. The number of carboxylic acid groups (broad SMARTS) is 1. The van der Waals surface area contributed by atoms with Gasteiger partial charge in [0, 0.05) is 12.2 Å². The molecule has 0 aromatic heterocycles. The van der Waals surface area contributed by atoms with Crippen molar-refractivity contribution in [1.29, 1.82) is 0 Å². The first kappa shape index (κ1) is 13.0. The lowest BCUT2D eigenvalue weighted by molar-refractivity contribution is -0.157. The van der Waals surface area contributed by atoms with Crippen LogP contribution in [0.2, 0.25) is 0 Å². The molecule has 1 aliphatic heterocycles. The first-order valence-corrected chi connectivity index (χ1v) is 5.68. The molecule has 0 bridgehead atoms. The maximum absolute atomic E-state index is 11.8. The lowest BCUT2D eigenvalue weighted by atomic mass is 10.0. The smallest absolute Gasteiger partial charge is 0.329 e. The van der Waals surface area contributed by atoms with Crippen molar-refractivity contribution in [2.24, 2.45) is 5.73 Å². The number of aliphatic carboxylic acids is 1. The molecule has 19 heavy (non-hydrogen) atoms. The van der Waals surface area contributed by atoms with Crippen molar-refractivity contribution >= 4 is 23.6 Å². The lowest BCUT2D eigenvalue weighted by Crippen LogP contribution is -2.60. The number of nitrogens with zero attached hydrogens (tertiary/aromatic N) is 1. The summed E-state index contributed by atoms with van der Waals surface area (Å²) in [6, 6.07) is 4.95. The van der Waals surface area contributed by atoms with Crippen molar-refractivity contribution < 1.29 is 19.5 Å². The van der Waals surface area contributed by atoms with Crippen LogP contribution in [0.3, 0.4) is 0 Å². The Morgan fingerprint density at radius 3 is 2.47 bits per heavy atom. The third-order valence-corrected chi connectivity index (χ3v) is 2.89. The van der Waals surface area contributed by atoms with Crippen LogP contribution in [0.15, 0.2) is 24.3 Å². The van der Waals surface area contributed by atoms with Gasteiger partial charge in [0.05, 0.1) is 6.42 Å². The summed E-state index contributed by atoms with van der Waals surface area (Å²) in [5, 5.41) is 11.3. The third-order valence-electron chi connectivity index (χ3n) is 2.89. The number of carboxylic acids is 1. The fraction of sp³-hybridized carbons (Fsp3) is 0.250. The molecule has 0 saturated carbocycles. The number of urea groups is 1. The Hall–Kier alpha value is -2.41. The molecule has 7 nitrogen and oxygen atoms in total. The molecule has 1 saturated heterocycles. The molecule has 0 unspecified atom stereocenters. The molecule has 1 aliphatic rings. The summed E-state index contributed by atoms with van der Waals surface area (Å²) in [6.45, 7) is 0.389. The number of nitrogens with two attached hydrogens (primary N) is 1. The molecule has 3 amide bonds. The largest absolute Gasteiger partial charge is 0.480 e. The predicted molar refractivity (Wildman–Crippen MR) is 66.2 cm³/mol. The molecular formula is C12H13N3O4. The second kappa shape index (κ2) is 5.07. The Morgan fingerprint density at radius 2 is 2.00 bits per heavy atom. The standard InChI is InChI=1S/C12H13N3O4/c13-6-7-1-3-8(4-2-7)14-12(19)15-9(11(17)18)5-10(15)16/h1-4,9H,5-6,13H2,(H,14,19)(H,17,18)/t9-/m0/s1. The van der Waals surface area contributed by atoms with E-state index in [0.717, 1.165) is 5.56 Å². The topological polar surface area (TPSA) is 113 Å². The number of β-lactam (4-membered cyclic amide) rings is 1. The first-order chi connectivity index (χ1) is 9.02. The number of hydrogen-bond acceptors (Lipinski definition) is 4. The van der Waals surface area contributed by atoms with Crippen LogP contribution in [0, 0.1) is 0 Å². The van der Waals surface area contributed by atoms with Gasteiger partial charge in [0.25, 0.3) is 0 Å². The summed E-state index contributed by atoms with van der Waals surface area (Å²) in [6.07, 6.45) is -0.144. The van der Waals surface area contributed by atoms with E-state index in [1.165, 1.54) is 0 Å². The quantitative estimate of drug-likeness (QED) is 0.681. The second-order valence-electron chi connectivity index (χ2n) is 4.15. The van der Waals surface area contributed by atoms with Crippen LogP contribution in [0.4, 0.5) is 10.5 Å². The van der Waals surface area contributed by atoms with E-state index < -0.39 is 23.9 Å². The van der Waals surface area contributed by atoms with E-state index in [2.05, 4.69) is 5.32 Å². The normalized spacial score (nSPS) is 17.8. The first-order valence-electron chi connectivity index (χ1n) is 5.68. The SMILES string of the molecule is NCc1ccc(NC(=O)N2C(=O)C[C@H]2C(=O)O)cc1. The van der Waals surface area contributed by atoms with Gasteiger partial charge in [0.15, 0.2) is 0 Å². The van der Waals surface area contributed by atoms with Crippen LogP contribution in [0.5, 0.6) is 0 Å². The van der Waals surface area contributed by atoms with Crippen molar-refractivity contribution in [1.82, 2.24) is 4.90 Å². The van der Waals surface area contributed by atoms with Crippen molar-refractivity contribution in [2.45, 2.75) is 19.0 Å². The zero-order valence-electron chi connectivity index (χ0n) is 10.00. The lowest BCUT2D eigenvalue weighted by Gasteiger charge is -2.35. The minimum atomic E-state index is -1.19. The van der Waals surface area contributed by atoms with E-state index in [0.29, 0.717) is 17.1 Å². The number of carbonyl (C=O) groups excluding carboxylic acids is 2. The molecule has 1 fully saturated rings. The van der Waals surface area contributed by atoms with E-state index in [1.54, 1.807) is 24.3 Å². The van der Waals surface area contributed by atoms with Gasteiger partial charge >= 0.3 is 12.0 Å². The van der Waals surface area contributed by atoms with Gasteiger partial charge < -0.3 is 16.2 Å². The summed E-state index contributed by atoms with van der Waals surface area (Å²) in [5.74, 6) is -1.68. The van der Waals surface area contributed by atoms with Crippen LogP contribution >= 0.6 is 0 Å². The Labute approximate surface area is 109 Å². The Morgan fingerprint density at radius 1 is 1.37 bits per heavy atom. The Bertz CT molecular complexity index is 526. The number of benzene rings is 1. The van der Waals surface area contributed by atoms with Crippen LogP contribution in [0.25, 0.3) is 0 Å². The number of imide groups is 1. The van der Waals surface area contributed by atoms with Crippen molar-refractivity contribution in [3.05, 3.63) is 29.8 Å². The molecule has 1 aromatic rings. The van der Waals surface area contributed by atoms with E-state index in [1.807, 2.05) is 0 Å². The van der Waals surface area contributed by atoms with Gasteiger partial charge in [-0.15, -0.1) is 0 Å². The summed E-state index contributed by atoms with van der Waals surface area (Å²) < 4.78 is 0. The van der Waals surface area contributed by atoms with Gasteiger partial charge in [0.2, 0.25) is 5.91 Å². The Kier molecular flexibility index (Phi) is 3.48. The molecule has 4 N–H and O–H groups in total. The van der Waals surface area contributed by atoms with Crippen LogP contribution in [0.1, 0.15) is 12.0 Å². The fourth-order valence-corrected chi connectivity index (χ4v) is 1.78. The van der Waals surface area contributed by atoms with Crippen LogP contribution in [-0.4, -0.2) is 34.0 Å². The highest BCUT2D eigenvalue weighted by Gasteiger charge is 2.45. The number of amides is 3. The van der Waals surface area contributed by atoms with E-state index in [9.17, 15) is 14.4 Å². The molecule has 0 radical (unpaired) electrons. The van der Waals surface area contributed by atoms with Gasteiger partial charge in [-0.3, -0.25) is 4.79 Å². The number of likely N-dealkylation sites (tertiary alicyclic amines) is 1. The summed E-state index contributed by atoms with van der Waals surface area (Å²) in [7, 11) is 0. The van der Waals surface area contributed by atoms with Crippen molar-refractivity contribution in [3.63, 3.8) is 0 Å². The monoisotopic (exact) mass is 263 g/mol. The van der Waals surface area contributed by atoms with E-state index in [-0.39, 0.29) is 6.42 Å². The highest BCUT2D eigenvalue weighted by atomic mass is 16.4. The molecular weight excluding hydrogens is 250 g/mol. The van der Waals surface area contributed by atoms with Gasteiger partial charge in [0.1, 0.15) is 6.04 Å². The Balaban J connectivity index is 2.04. The zero-order valence-corrected chi connectivity index (χ0v) is 10.00. The van der Waals surface area contributed by atoms with Crippen molar-refractivity contribution in [2.75, 3.05) is 5.32 Å². The van der Waals surface area contributed by atoms with Crippen molar-refractivity contribution in [3.8, 4) is 0 Å². The molecule has 0 spiro atoms. The molecule has 1 atom stereocenters. The van der Waals surface area contributed by atoms with Crippen LogP contribution < -0.4 is 11.1 Å². The van der Waals surface area contributed by atoms with E-state index >= 15 is 0 Å². The number of nitrogens with one attached hydrogen (secondary N) is 1. The average Bonchev–Trinajstić information content (AvgIpc) is 2.36. The summed E-state index contributed by atoms with van der Waals surface area (Å²) in [4.78, 5) is 34.5. The maximum Gasteiger partial charge on any atom is 0.329 e. The summed E-state index contributed by atoms with van der Waals surface area (Å²) >= 11 is 0. The third kappa shape index (κ3) is 2.55. The van der Waals surface area contributed by atoms with Gasteiger partial charge in [-0.2, -0.15) is 0 Å². The van der Waals surface area contributed by atoms with Crippen LogP contribution in [-0.2, 0) is 16.1 Å². The minimum absolute atomic E-state index is 0.144.